The summed E-state index contributed by atoms with van der Waals surface area (Å²) < 4.78 is 24.5. The van der Waals surface area contributed by atoms with Crippen molar-refractivity contribution in [1.29, 1.82) is 0 Å². The van der Waals surface area contributed by atoms with Gasteiger partial charge in [0.15, 0.2) is 0 Å². The normalized spacial score (nSPS) is 10.9. The van der Waals surface area contributed by atoms with Gasteiger partial charge in [0, 0.05) is 11.3 Å². The maximum Gasteiger partial charge on any atom is 0.267 e. The van der Waals surface area contributed by atoms with Gasteiger partial charge in [0.1, 0.15) is 35.5 Å². The molecule has 0 fully saturated rings. The summed E-state index contributed by atoms with van der Waals surface area (Å²) in [5.74, 6) is -0.405. The first-order chi connectivity index (χ1) is 14.5. The summed E-state index contributed by atoms with van der Waals surface area (Å²) in [6, 6.07) is 10.2. The minimum atomic E-state index is -0.511. The molecule has 4 rings (SSSR count). The third-order valence-corrected chi connectivity index (χ3v) is 4.63. The van der Waals surface area contributed by atoms with Crippen molar-refractivity contribution in [1.82, 2.24) is 14.7 Å². The summed E-state index contributed by atoms with van der Waals surface area (Å²) in [5, 5.41) is 6.97. The van der Waals surface area contributed by atoms with Crippen LogP contribution in [0, 0.1) is 5.82 Å². The average Bonchev–Trinajstić information content (AvgIpc) is 3.16. The molecule has 0 radical (unpaired) electrons. The summed E-state index contributed by atoms with van der Waals surface area (Å²) in [5.41, 5.74) is 0.676. The Kier molecular flexibility index (Phi) is 5.20. The topological polar surface area (TPSA) is 99.2 Å². The Labute approximate surface area is 173 Å². The Morgan fingerprint density at radius 2 is 2.03 bits per heavy atom. The Balaban J connectivity index is 1.61. The van der Waals surface area contributed by atoms with Crippen LogP contribution in [0.3, 0.4) is 0 Å². The number of nitrogens with one attached hydrogen (secondary N) is 1. The van der Waals surface area contributed by atoms with Crippen LogP contribution in [0.2, 0.25) is 5.02 Å². The van der Waals surface area contributed by atoms with Gasteiger partial charge in [-0.3, -0.25) is 14.2 Å². The van der Waals surface area contributed by atoms with E-state index >= 15 is 0 Å². The third kappa shape index (κ3) is 3.74. The molecule has 10 heteroatoms. The van der Waals surface area contributed by atoms with E-state index in [4.69, 9.17) is 20.9 Å². The van der Waals surface area contributed by atoms with Crippen LogP contribution in [0.5, 0.6) is 5.75 Å². The SMILES string of the molecule is COc1ccc(NC(=O)Cn2cnc3onc(-c4ccc(F)cc4)c3c2=O)cc1Cl. The highest BCUT2D eigenvalue weighted by molar-refractivity contribution is 6.32. The molecule has 0 unspecified atom stereocenters. The van der Waals surface area contributed by atoms with Gasteiger partial charge in [0.25, 0.3) is 11.3 Å². The average molecular weight is 429 g/mol. The van der Waals surface area contributed by atoms with Crippen LogP contribution < -0.4 is 15.6 Å². The molecular weight excluding hydrogens is 415 g/mol. The third-order valence-electron chi connectivity index (χ3n) is 4.33. The number of carbonyl (C=O) groups excluding carboxylic acids is 1. The van der Waals surface area contributed by atoms with Gasteiger partial charge in [-0.15, -0.1) is 0 Å². The predicted molar refractivity (Wildman–Crippen MR) is 108 cm³/mol. The molecule has 0 saturated carbocycles. The van der Waals surface area contributed by atoms with Gasteiger partial charge in [-0.2, -0.15) is 0 Å². The number of anilines is 1. The van der Waals surface area contributed by atoms with Crippen LogP contribution in [0.25, 0.3) is 22.4 Å². The van der Waals surface area contributed by atoms with Crippen molar-refractivity contribution in [2.45, 2.75) is 6.54 Å². The molecular formula is C20H14ClFN4O4. The zero-order valence-corrected chi connectivity index (χ0v) is 16.3. The Morgan fingerprint density at radius 3 is 2.73 bits per heavy atom. The Bertz CT molecular complexity index is 1300. The van der Waals surface area contributed by atoms with E-state index in [0.717, 1.165) is 4.57 Å². The molecule has 8 nitrogen and oxygen atoms in total. The fourth-order valence-corrected chi connectivity index (χ4v) is 3.16. The van der Waals surface area contributed by atoms with Gasteiger partial charge in [-0.1, -0.05) is 16.8 Å². The number of hydrogen-bond acceptors (Lipinski definition) is 6. The van der Waals surface area contributed by atoms with Gasteiger partial charge in [-0.05, 0) is 42.5 Å². The second kappa shape index (κ2) is 7.96. The van der Waals surface area contributed by atoms with E-state index in [0.29, 0.717) is 22.0 Å². The van der Waals surface area contributed by atoms with Crippen molar-refractivity contribution >= 4 is 34.3 Å². The highest BCUT2D eigenvalue weighted by Crippen LogP contribution is 2.27. The second-order valence-corrected chi connectivity index (χ2v) is 6.70. The summed E-state index contributed by atoms with van der Waals surface area (Å²) in [4.78, 5) is 29.4. The lowest BCUT2D eigenvalue weighted by Gasteiger charge is -2.09. The number of hydrogen-bond donors (Lipinski definition) is 1. The zero-order valence-electron chi connectivity index (χ0n) is 15.6. The molecule has 0 aliphatic carbocycles. The van der Waals surface area contributed by atoms with Crippen LogP contribution in [-0.4, -0.2) is 27.7 Å². The quantitative estimate of drug-likeness (QED) is 0.522. The molecule has 1 N–H and O–H groups in total. The summed E-state index contributed by atoms with van der Waals surface area (Å²) in [6.45, 7) is -0.292. The molecule has 152 valence electrons. The molecule has 30 heavy (non-hydrogen) atoms. The first kappa shape index (κ1) is 19.6. The van der Waals surface area contributed by atoms with Gasteiger partial charge in [0.05, 0.1) is 12.1 Å². The number of nitrogens with zero attached hydrogens (tertiary/aromatic N) is 3. The van der Waals surface area contributed by atoms with Crippen molar-refractivity contribution in [3.8, 4) is 17.0 Å². The van der Waals surface area contributed by atoms with Gasteiger partial charge < -0.3 is 14.6 Å². The van der Waals surface area contributed by atoms with Crippen molar-refractivity contribution in [3.63, 3.8) is 0 Å². The maximum absolute atomic E-state index is 13.2. The molecule has 2 aromatic carbocycles. The van der Waals surface area contributed by atoms with E-state index in [2.05, 4.69) is 15.5 Å². The summed E-state index contributed by atoms with van der Waals surface area (Å²) in [7, 11) is 1.49. The van der Waals surface area contributed by atoms with E-state index in [1.165, 1.54) is 43.8 Å². The summed E-state index contributed by atoms with van der Waals surface area (Å²) >= 11 is 6.05. The number of ether oxygens (including phenoxy) is 1. The van der Waals surface area contributed by atoms with Crippen LogP contribution in [0.4, 0.5) is 10.1 Å². The zero-order chi connectivity index (χ0) is 21.3. The van der Waals surface area contributed by atoms with Crippen molar-refractivity contribution in [2.24, 2.45) is 0 Å². The number of fused-ring (bicyclic) bond motifs is 1. The van der Waals surface area contributed by atoms with Crippen molar-refractivity contribution in [3.05, 3.63) is 70.0 Å². The minimum Gasteiger partial charge on any atom is -0.495 e. The summed E-state index contributed by atoms with van der Waals surface area (Å²) in [6.07, 6.45) is 1.20. The molecule has 0 spiro atoms. The lowest BCUT2D eigenvalue weighted by Crippen LogP contribution is -2.27. The van der Waals surface area contributed by atoms with E-state index in [-0.39, 0.29) is 23.3 Å². The van der Waals surface area contributed by atoms with E-state index in [1.54, 1.807) is 12.1 Å². The number of halogens is 2. The van der Waals surface area contributed by atoms with Crippen LogP contribution in [0.1, 0.15) is 0 Å². The molecule has 0 bridgehead atoms. The second-order valence-electron chi connectivity index (χ2n) is 6.29. The van der Waals surface area contributed by atoms with Gasteiger partial charge in [-0.25, -0.2) is 9.37 Å². The highest BCUT2D eigenvalue weighted by atomic mass is 35.5. The van der Waals surface area contributed by atoms with Crippen LogP contribution in [-0.2, 0) is 11.3 Å². The molecule has 2 heterocycles. The van der Waals surface area contributed by atoms with Crippen LogP contribution in [0.15, 0.2) is 58.1 Å². The number of carbonyl (C=O) groups is 1. The molecule has 0 aliphatic rings. The maximum atomic E-state index is 13.2. The monoisotopic (exact) mass is 428 g/mol. The number of rotatable bonds is 5. The lowest BCUT2D eigenvalue weighted by molar-refractivity contribution is -0.116. The first-order valence-electron chi connectivity index (χ1n) is 8.70. The Hall–Kier alpha value is -3.72. The van der Waals surface area contributed by atoms with Crippen LogP contribution >= 0.6 is 11.6 Å². The highest BCUT2D eigenvalue weighted by Gasteiger charge is 2.18. The fraction of sp³-hybridized carbons (Fsp3) is 0.100. The molecule has 0 aliphatic heterocycles. The number of methoxy groups -OCH3 is 1. The Morgan fingerprint density at radius 1 is 1.27 bits per heavy atom. The predicted octanol–water partition coefficient (Wildman–Crippen LogP) is 3.49. The molecule has 2 aromatic heterocycles. The van der Waals surface area contributed by atoms with E-state index in [9.17, 15) is 14.0 Å². The smallest absolute Gasteiger partial charge is 0.267 e. The largest absolute Gasteiger partial charge is 0.495 e. The fourth-order valence-electron chi connectivity index (χ4n) is 2.90. The first-order valence-corrected chi connectivity index (χ1v) is 9.08. The van der Waals surface area contributed by atoms with Gasteiger partial charge >= 0.3 is 0 Å². The van der Waals surface area contributed by atoms with E-state index in [1.807, 2.05) is 0 Å². The number of benzene rings is 2. The molecule has 0 saturated heterocycles. The lowest BCUT2D eigenvalue weighted by atomic mass is 10.1. The molecule has 1 amide bonds. The van der Waals surface area contributed by atoms with E-state index < -0.39 is 17.3 Å². The number of amides is 1. The minimum absolute atomic E-state index is 0.0259. The van der Waals surface area contributed by atoms with Crippen molar-refractivity contribution in [2.75, 3.05) is 12.4 Å². The molecule has 0 atom stereocenters. The standard InChI is InChI=1S/C20H14ClFN4O4/c1-29-15-7-6-13(8-14(15)21)24-16(27)9-26-10-23-19-17(20(26)28)18(25-30-19)11-2-4-12(22)5-3-11/h2-8,10H,9H2,1H3,(H,24,27). The van der Waals surface area contributed by atoms with Crippen molar-refractivity contribution < 1.29 is 18.4 Å². The number of aromatic nitrogens is 3. The van der Waals surface area contributed by atoms with Gasteiger partial charge in [0.2, 0.25) is 5.91 Å². The molecule has 4 aromatic rings.